The molecule has 0 saturated carbocycles. The molecule has 0 heterocycles. The Bertz CT molecular complexity index is 89.0. The van der Waals surface area contributed by atoms with Gasteiger partial charge in [0.15, 0.2) is 0 Å². The van der Waals surface area contributed by atoms with Crippen LogP contribution in [0.1, 0.15) is 59.3 Å². The molecule has 0 nitrogen and oxygen atoms in total. The van der Waals surface area contributed by atoms with Crippen LogP contribution >= 0.6 is 9.24 Å². The maximum Gasteiger partial charge on any atom is -0.0264 e. The van der Waals surface area contributed by atoms with Crippen LogP contribution in [-0.2, 0) is 0 Å². The van der Waals surface area contributed by atoms with Crippen LogP contribution in [0.15, 0.2) is 0 Å². The highest BCUT2D eigenvalue weighted by Crippen LogP contribution is 2.18. The molecule has 0 aromatic carbocycles. The van der Waals surface area contributed by atoms with Crippen LogP contribution in [0.2, 0.25) is 0 Å². The van der Waals surface area contributed by atoms with Gasteiger partial charge in [-0.05, 0) is 24.4 Å². The lowest BCUT2D eigenvalue weighted by Crippen LogP contribution is -2.00. The van der Waals surface area contributed by atoms with E-state index in [-0.39, 0.29) is 0 Å². The smallest absolute Gasteiger partial charge is 0.0264 e. The zero-order chi connectivity index (χ0) is 9.40. The van der Waals surface area contributed by atoms with Crippen molar-refractivity contribution < 1.29 is 0 Å². The molecule has 0 saturated heterocycles. The van der Waals surface area contributed by atoms with E-state index in [4.69, 9.17) is 0 Å². The van der Waals surface area contributed by atoms with Gasteiger partial charge in [0, 0.05) is 0 Å². The number of rotatable bonds is 7. The van der Waals surface area contributed by atoms with E-state index in [1.165, 1.54) is 38.5 Å². The molecule has 12 heavy (non-hydrogen) atoms. The molecule has 0 spiro atoms. The minimum Gasteiger partial charge on any atom is -0.134 e. The molecule has 1 heteroatoms. The maximum absolute atomic E-state index is 2.99. The number of hydrogen-bond donors (Lipinski definition) is 0. The van der Waals surface area contributed by atoms with Crippen molar-refractivity contribution in [2.75, 3.05) is 0 Å². The maximum atomic E-state index is 2.99. The molecule has 0 aliphatic heterocycles. The third-order valence-electron chi connectivity index (χ3n) is 2.29. The summed E-state index contributed by atoms with van der Waals surface area (Å²) in [5.41, 5.74) is 0.874. The Morgan fingerprint density at radius 2 is 1.67 bits per heavy atom. The van der Waals surface area contributed by atoms with Crippen molar-refractivity contribution in [3.8, 4) is 0 Å². The molecule has 0 aliphatic carbocycles. The summed E-state index contributed by atoms with van der Waals surface area (Å²) in [4.78, 5) is 0. The highest BCUT2D eigenvalue weighted by Gasteiger charge is 2.02. The van der Waals surface area contributed by atoms with Gasteiger partial charge in [-0.1, -0.05) is 46.5 Å². The summed E-state index contributed by atoms with van der Waals surface area (Å²) in [5.74, 6) is 0.874. The standard InChI is InChI=1S/C11H25P/c1-4-5-6-7-11(12)9-8-10(2)3/h10-11H,4-9,12H2,1-3H3. The summed E-state index contributed by atoms with van der Waals surface area (Å²) in [6.45, 7) is 6.89. The van der Waals surface area contributed by atoms with Gasteiger partial charge in [0.1, 0.15) is 0 Å². The predicted octanol–water partition coefficient (Wildman–Crippen LogP) is 4.25. The van der Waals surface area contributed by atoms with E-state index >= 15 is 0 Å². The normalized spacial score (nSPS) is 13.8. The third kappa shape index (κ3) is 8.53. The quantitative estimate of drug-likeness (QED) is 0.414. The zero-order valence-corrected chi connectivity index (χ0v) is 10.1. The summed E-state index contributed by atoms with van der Waals surface area (Å²) in [5, 5.41) is 0. The fourth-order valence-corrected chi connectivity index (χ4v) is 1.78. The minimum atomic E-state index is 0.874. The van der Waals surface area contributed by atoms with Gasteiger partial charge in [0.25, 0.3) is 0 Å². The lowest BCUT2D eigenvalue weighted by atomic mass is 10.0. The Balaban J connectivity index is 3.15. The van der Waals surface area contributed by atoms with Crippen LogP contribution in [-0.4, -0.2) is 5.66 Å². The molecule has 74 valence electrons. The number of hydrogen-bond acceptors (Lipinski definition) is 0. The molecule has 0 aromatic rings. The van der Waals surface area contributed by atoms with Crippen LogP contribution in [0.4, 0.5) is 0 Å². The van der Waals surface area contributed by atoms with E-state index in [1.807, 2.05) is 0 Å². The summed E-state index contributed by atoms with van der Waals surface area (Å²) in [6, 6.07) is 0. The Labute approximate surface area is 80.7 Å². The highest BCUT2D eigenvalue weighted by molar-refractivity contribution is 7.17. The molecule has 0 N–H and O–H groups in total. The first-order valence-electron chi connectivity index (χ1n) is 5.42. The second-order valence-corrected chi connectivity index (χ2v) is 5.17. The van der Waals surface area contributed by atoms with Gasteiger partial charge in [0.05, 0.1) is 0 Å². The predicted molar refractivity (Wildman–Crippen MR) is 61.7 cm³/mol. The Morgan fingerprint density at radius 1 is 1.00 bits per heavy atom. The summed E-state index contributed by atoms with van der Waals surface area (Å²) < 4.78 is 0. The van der Waals surface area contributed by atoms with Crippen LogP contribution in [0, 0.1) is 5.92 Å². The molecule has 0 radical (unpaired) electrons. The molecule has 2 atom stereocenters. The van der Waals surface area contributed by atoms with Gasteiger partial charge in [-0.15, -0.1) is 9.24 Å². The van der Waals surface area contributed by atoms with Crippen LogP contribution in [0.3, 0.4) is 0 Å². The SMILES string of the molecule is CCCCCC(P)CCC(C)C. The van der Waals surface area contributed by atoms with Crippen LogP contribution in [0.25, 0.3) is 0 Å². The molecule has 0 aliphatic rings. The minimum absolute atomic E-state index is 0.874. The first-order chi connectivity index (χ1) is 5.66. The molecule has 0 amide bonds. The molecule has 0 rings (SSSR count). The third-order valence-corrected chi connectivity index (χ3v) is 2.96. The van der Waals surface area contributed by atoms with Crippen molar-refractivity contribution in [1.29, 1.82) is 0 Å². The van der Waals surface area contributed by atoms with E-state index in [0.717, 1.165) is 11.6 Å². The average molecular weight is 188 g/mol. The van der Waals surface area contributed by atoms with Gasteiger partial charge in [-0.25, -0.2) is 0 Å². The van der Waals surface area contributed by atoms with Crippen molar-refractivity contribution >= 4 is 9.24 Å². The molecular weight excluding hydrogens is 163 g/mol. The molecule has 0 fully saturated rings. The van der Waals surface area contributed by atoms with Crippen molar-refractivity contribution in [1.82, 2.24) is 0 Å². The zero-order valence-electron chi connectivity index (χ0n) is 8.97. The fourth-order valence-electron chi connectivity index (χ4n) is 1.35. The van der Waals surface area contributed by atoms with Gasteiger partial charge in [0.2, 0.25) is 0 Å². The van der Waals surface area contributed by atoms with Crippen molar-refractivity contribution in [2.24, 2.45) is 5.92 Å². The summed E-state index contributed by atoms with van der Waals surface area (Å²) in [7, 11) is 2.99. The topological polar surface area (TPSA) is 0 Å². The van der Waals surface area contributed by atoms with E-state index < -0.39 is 0 Å². The lowest BCUT2D eigenvalue weighted by molar-refractivity contribution is 0.522. The van der Waals surface area contributed by atoms with E-state index in [9.17, 15) is 0 Å². The molecular formula is C11H25P. The van der Waals surface area contributed by atoms with Gasteiger partial charge >= 0.3 is 0 Å². The summed E-state index contributed by atoms with van der Waals surface area (Å²) in [6.07, 6.45) is 8.37. The van der Waals surface area contributed by atoms with Crippen LogP contribution < -0.4 is 0 Å². The van der Waals surface area contributed by atoms with Gasteiger partial charge < -0.3 is 0 Å². The van der Waals surface area contributed by atoms with E-state index in [1.54, 1.807) is 0 Å². The number of unbranched alkanes of at least 4 members (excludes halogenated alkanes) is 2. The van der Waals surface area contributed by atoms with E-state index in [2.05, 4.69) is 30.0 Å². The lowest BCUT2D eigenvalue weighted by Gasteiger charge is -2.11. The monoisotopic (exact) mass is 188 g/mol. The van der Waals surface area contributed by atoms with Crippen molar-refractivity contribution in [3.63, 3.8) is 0 Å². The van der Waals surface area contributed by atoms with Crippen LogP contribution in [0.5, 0.6) is 0 Å². The van der Waals surface area contributed by atoms with Gasteiger partial charge in [-0.2, -0.15) is 0 Å². The fraction of sp³-hybridized carbons (Fsp3) is 1.00. The largest absolute Gasteiger partial charge is 0.134 e. The first kappa shape index (κ1) is 12.4. The molecule has 0 aromatic heterocycles. The second kappa shape index (κ2) is 8.05. The highest BCUT2D eigenvalue weighted by atomic mass is 31.0. The first-order valence-corrected chi connectivity index (χ1v) is 6.09. The molecule has 0 bridgehead atoms. The second-order valence-electron chi connectivity index (χ2n) is 4.23. The Hall–Kier alpha value is 0.430. The van der Waals surface area contributed by atoms with Crippen molar-refractivity contribution in [2.45, 2.75) is 65.0 Å². The molecule has 2 unspecified atom stereocenters. The van der Waals surface area contributed by atoms with Gasteiger partial charge in [-0.3, -0.25) is 0 Å². The average Bonchev–Trinajstić information content (AvgIpc) is 2.01. The summed E-state index contributed by atoms with van der Waals surface area (Å²) >= 11 is 0. The Morgan fingerprint density at radius 3 is 2.17 bits per heavy atom. The Kier molecular flexibility index (Phi) is 8.34. The van der Waals surface area contributed by atoms with E-state index in [0.29, 0.717) is 0 Å². The van der Waals surface area contributed by atoms with Crippen molar-refractivity contribution in [3.05, 3.63) is 0 Å².